The molecule has 0 spiro atoms. The maximum Gasteiger partial charge on any atom is 0.313 e. The van der Waals surface area contributed by atoms with E-state index in [1.165, 1.54) is 12.8 Å². The van der Waals surface area contributed by atoms with E-state index in [-0.39, 0.29) is 45.1 Å². The normalized spacial score (nSPS) is 36.7. The third-order valence-electron chi connectivity index (χ3n) is 20.7. The van der Waals surface area contributed by atoms with Crippen molar-refractivity contribution in [2.45, 2.75) is 176 Å². The number of hydrogen-bond acceptors (Lipinski definition) is 7. The van der Waals surface area contributed by atoms with Crippen LogP contribution in [-0.2, 0) is 54.9 Å². The van der Waals surface area contributed by atoms with E-state index >= 15 is 0 Å². The quantitative estimate of drug-likeness (QED) is 0.0938. The molecule has 13 atom stereocenters. The fourth-order valence-corrected chi connectivity index (χ4v) is 16.4. The van der Waals surface area contributed by atoms with Crippen molar-refractivity contribution < 1.29 is 33.6 Å². The van der Waals surface area contributed by atoms with E-state index in [2.05, 4.69) is 103 Å². The van der Waals surface area contributed by atoms with Gasteiger partial charge in [0.15, 0.2) is 0 Å². The molecule has 386 valence electrons. The zero-order valence-electron chi connectivity index (χ0n) is 44.5. The molecule has 5 aliphatic carbocycles. The lowest BCUT2D eigenvalue weighted by molar-refractivity contribution is -0.267. The van der Waals surface area contributed by atoms with Gasteiger partial charge >= 0.3 is 5.97 Å². The molecule has 0 aromatic heterocycles. The third kappa shape index (κ3) is 9.61. The van der Waals surface area contributed by atoms with Crippen LogP contribution < -0.4 is 0 Å². The first-order chi connectivity index (χ1) is 34.6. The maximum absolute atomic E-state index is 14.6. The van der Waals surface area contributed by atoms with Gasteiger partial charge in [0.25, 0.3) is 0 Å². The summed E-state index contributed by atoms with van der Waals surface area (Å²) in [5.74, 6) is 1.66. The molecular formula is C65H84O7. The zero-order valence-corrected chi connectivity index (χ0v) is 44.5. The molecule has 5 fully saturated rings. The van der Waals surface area contributed by atoms with Gasteiger partial charge < -0.3 is 28.8 Å². The summed E-state index contributed by atoms with van der Waals surface area (Å²) in [5, 5.41) is 12.6. The molecule has 6 unspecified atom stereocenters. The van der Waals surface area contributed by atoms with Crippen LogP contribution in [0.2, 0.25) is 0 Å². The zero-order chi connectivity index (χ0) is 50.4. The smallest absolute Gasteiger partial charge is 0.313 e. The first kappa shape index (κ1) is 51.4. The molecule has 4 aromatic rings. The Balaban J connectivity index is 0.903. The number of aliphatic hydroxyl groups excluding tert-OH is 1. The number of esters is 1. The molecule has 4 saturated carbocycles. The average Bonchev–Trinajstić information content (AvgIpc) is 3.37. The van der Waals surface area contributed by atoms with Gasteiger partial charge in [-0.15, -0.1) is 0 Å². The van der Waals surface area contributed by atoms with Crippen LogP contribution in [0, 0.1) is 56.2 Å². The van der Waals surface area contributed by atoms with Crippen LogP contribution in [0.3, 0.4) is 0 Å². The first-order valence-corrected chi connectivity index (χ1v) is 27.7. The highest BCUT2D eigenvalue weighted by atomic mass is 16.6. The Hall–Kier alpha value is -4.11. The topological polar surface area (TPSA) is 83.5 Å². The summed E-state index contributed by atoms with van der Waals surface area (Å²) in [4.78, 5) is 14.6. The molecule has 1 aliphatic heterocycles. The van der Waals surface area contributed by atoms with Gasteiger partial charge in [0.1, 0.15) is 31.0 Å². The number of aliphatic hydroxyl groups is 1. The Morgan fingerprint density at radius 1 is 0.611 bits per heavy atom. The molecule has 0 bridgehead atoms. The van der Waals surface area contributed by atoms with Crippen LogP contribution in [0.15, 0.2) is 133 Å². The van der Waals surface area contributed by atoms with Gasteiger partial charge in [0, 0.05) is 0 Å². The van der Waals surface area contributed by atoms with E-state index in [4.69, 9.17) is 23.7 Å². The van der Waals surface area contributed by atoms with E-state index in [9.17, 15) is 9.90 Å². The Bertz CT molecular complexity index is 2470. The maximum atomic E-state index is 14.6. The number of hydrogen-bond donors (Lipinski definition) is 1. The minimum Gasteiger partial charge on any atom is -0.460 e. The molecular weight excluding hydrogens is 893 g/mol. The van der Waals surface area contributed by atoms with E-state index in [1.807, 2.05) is 72.8 Å². The minimum atomic E-state index is -0.924. The second-order valence-corrected chi connectivity index (χ2v) is 25.5. The Labute approximate surface area is 431 Å². The molecule has 72 heavy (non-hydrogen) atoms. The molecule has 1 saturated heterocycles. The Kier molecular flexibility index (Phi) is 14.7. The lowest BCUT2D eigenvalue weighted by atomic mass is 9.33. The van der Waals surface area contributed by atoms with Gasteiger partial charge in [0.2, 0.25) is 0 Å². The summed E-state index contributed by atoms with van der Waals surface area (Å²) in [6, 6.07) is 40.9. The van der Waals surface area contributed by atoms with Gasteiger partial charge in [-0.3, -0.25) is 4.79 Å². The molecule has 7 heteroatoms. The van der Waals surface area contributed by atoms with E-state index in [1.54, 1.807) is 5.57 Å². The number of carbonyl (C=O) groups is 1. The number of carbonyl (C=O) groups excluding carboxylic acids is 1. The summed E-state index contributed by atoms with van der Waals surface area (Å²) in [7, 11) is 0. The van der Waals surface area contributed by atoms with Gasteiger partial charge in [-0.2, -0.15) is 0 Å². The van der Waals surface area contributed by atoms with Crippen LogP contribution in [-0.4, -0.2) is 48.2 Å². The SMILES string of the molecule is CC1(C)CC[C@]2(C(=O)OCc3ccccc3)CC[C@]3(C)C(=CCC4[C@@]5(C)CC[C@@H](C[C@@H]6OC(COCc7ccccc7)[C@@H](OCc7ccccc7)C(O)C6OCc6ccccc6)C(C)(C)C5CC[C@]43C)C2C1. The number of fused-ring (bicyclic) bond motifs is 7. The minimum absolute atomic E-state index is 0.00903. The van der Waals surface area contributed by atoms with Crippen molar-refractivity contribution in [3.05, 3.63) is 155 Å². The average molecular weight is 977 g/mol. The standard InChI is InChI=1S/C65H84O7/c1-60(2)34-36-65(59(67)71-43-48-26-18-11-19-27-48)37-35-63(6)50(51(65)39-60)28-29-55-62(5)32-30-49(61(3,4)54(62)31-33-64(55,63)7)38-52-57(69-41-46-22-14-9-15-23-46)56(66)58(70-42-47-24-16-10-17-25-47)53(72-52)44-68-40-45-20-12-8-13-21-45/h8-28,49,51-58,66H,29-44H2,1-7H3/t49-,51?,52-,53?,54?,55?,56?,57?,58+,62-,63+,64+,65-/m0/s1. The summed E-state index contributed by atoms with van der Waals surface area (Å²) in [6.45, 7) is 19.7. The van der Waals surface area contributed by atoms with Gasteiger partial charge in [-0.05, 0) is 144 Å². The predicted octanol–water partition coefficient (Wildman–Crippen LogP) is 14.1. The number of benzene rings is 4. The summed E-state index contributed by atoms with van der Waals surface area (Å²) in [6.07, 6.45) is 11.1. The molecule has 1 N–H and O–H groups in total. The van der Waals surface area contributed by atoms with Crippen LogP contribution in [0.4, 0.5) is 0 Å². The second kappa shape index (κ2) is 20.5. The van der Waals surface area contributed by atoms with Crippen molar-refractivity contribution in [3.63, 3.8) is 0 Å². The van der Waals surface area contributed by atoms with Crippen LogP contribution in [0.1, 0.15) is 141 Å². The molecule has 7 nitrogen and oxygen atoms in total. The molecule has 6 aliphatic rings. The number of ether oxygens (including phenoxy) is 5. The van der Waals surface area contributed by atoms with E-state index < -0.39 is 29.8 Å². The van der Waals surface area contributed by atoms with Gasteiger partial charge in [0.05, 0.1) is 37.9 Å². The fourth-order valence-electron chi connectivity index (χ4n) is 16.4. The summed E-state index contributed by atoms with van der Waals surface area (Å²) in [5.41, 5.74) is 5.83. The second-order valence-electron chi connectivity index (χ2n) is 25.5. The van der Waals surface area contributed by atoms with E-state index in [0.717, 1.165) is 80.0 Å². The summed E-state index contributed by atoms with van der Waals surface area (Å²) >= 11 is 0. The molecule has 4 aromatic carbocycles. The summed E-state index contributed by atoms with van der Waals surface area (Å²) < 4.78 is 33.5. The lowest BCUT2D eigenvalue weighted by Gasteiger charge is -2.71. The highest BCUT2D eigenvalue weighted by molar-refractivity contribution is 5.79. The molecule has 0 amide bonds. The molecule has 10 rings (SSSR count). The molecule has 0 radical (unpaired) electrons. The first-order valence-electron chi connectivity index (χ1n) is 27.7. The molecule has 1 heterocycles. The highest BCUT2D eigenvalue weighted by Gasteiger charge is 2.69. The van der Waals surface area contributed by atoms with Crippen molar-refractivity contribution >= 4 is 5.97 Å². The van der Waals surface area contributed by atoms with Crippen molar-refractivity contribution in [2.75, 3.05) is 6.61 Å². The predicted molar refractivity (Wildman–Crippen MR) is 284 cm³/mol. The van der Waals surface area contributed by atoms with Crippen molar-refractivity contribution in [3.8, 4) is 0 Å². The Morgan fingerprint density at radius 2 is 1.15 bits per heavy atom. The monoisotopic (exact) mass is 977 g/mol. The number of rotatable bonds is 15. The third-order valence-corrected chi connectivity index (χ3v) is 20.7. The number of allylic oxidation sites excluding steroid dienone is 2. The van der Waals surface area contributed by atoms with Crippen molar-refractivity contribution in [2.24, 2.45) is 56.2 Å². The largest absolute Gasteiger partial charge is 0.460 e. The van der Waals surface area contributed by atoms with E-state index in [0.29, 0.717) is 50.8 Å². The van der Waals surface area contributed by atoms with Crippen LogP contribution in [0.25, 0.3) is 0 Å². The highest BCUT2D eigenvalue weighted by Crippen LogP contribution is 2.76. The lowest BCUT2D eigenvalue weighted by Crippen LogP contribution is -2.65. The van der Waals surface area contributed by atoms with Crippen molar-refractivity contribution in [1.82, 2.24) is 0 Å². The fraction of sp³-hybridized carbons (Fsp3) is 0.585. The van der Waals surface area contributed by atoms with Gasteiger partial charge in [-0.25, -0.2) is 0 Å². The van der Waals surface area contributed by atoms with Crippen molar-refractivity contribution in [1.29, 1.82) is 0 Å². The van der Waals surface area contributed by atoms with Crippen LogP contribution >= 0.6 is 0 Å². The Morgan fingerprint density at radius 3 is 1.75 bits per heavy atom. The van der Waals surface area contributed by atoms with Crippen LogP contribution in [0.5, 0.6) is 0 Å². The van der Waals surface area contributed by atoms with Gasteiger partial charge in [-0.1, -0.05) is 181 Å².